The standard InChI is InChI=1S/C11H10N4O6/c1-3-21-11(16)8-10(15(19)20)13-7(12-8)5-4-6(2)9(13)14(17)18/h4-5H,3H2,1-2H3. The quantitative estimate of drug-likeness (QED) is 0.475. The molecule has 0 aliphatic heterocycles. The zero-order chi connectivity index (χ0) is 15.7. The van der Waals surface area contributed by atoms with E-state index in [-0.39, 0.29) is 17.8 Å². The molecule has 0 atom stereocenters. The maximum absolute atomic E-state index is 11.7. The van der Waals surface area contributed by atoms with Crippen LogP contribution in [0.1, 0.15) is 23.0 Å². The van der Waals surface area contributed by atoms with Crippen LogP contribution in [0.5, 0.6) is 0 Å². The minimum Gasteiger partial charge on any atom is -0.461 e. The Morgan fingerprint density at radius 1 is 1.29 bits per heavy atom. The predicted octanol–water partition coefficient (Wildman–Crippen LogP) is 1.64. The van der Waals surface area contributed by atoms with Gasteiger partial charge in [0.05, 0.1) is 6.61 Å². The predicted molar refractivity (Wildman–Crippen MR) is 69.2 cm³/mol. The number of fused-ring (bicyclic) bond motifs is 1. The largest absolute Gasteiger partial charge is 0.461 e. The van der Waals surface area contributed by atoms with Gasteiger partial charge in [-0.05, 0) is 29.8 Å². The molecule has 0 radical (unpaired) electrons. The van der Waals surface area contributed by atoms with Gasteiger partial charge in [-0.1, -0.05) is 0 Å². The number of carbonyl (C=O) groups excluding carboxylic acids is 1. The first-order chi connectivity index (χ1) is 9.88. The summed E-state index contributed by atoms with van der Waals surface area (Å²) >= 11 is 0. The molecule has 0 saturated heterocycles. The summed E-state index contributed by atoms with van der Waals surface area (Å²) in [6.45, 7) is 2.97. The molecule has 0 amide bonds. The minimum absolute atomic E-state index is 0.00494. The summed E-state index contributed by atoms with van der Waals surface area (Å²) in [4.78, 5) is 36.2. The molecular formula is C11H10N4O6. The van der Waals surface area contributed by atoms with Gasteiger partial charge in [0.25, 0.3) is 0 Å². The normalized spacial score (nSPS) is 10.6. The molecule has 2 heterocycles. The molecule has 0 spiro atoms. The molecule has 21 heavy (non-hydrogen) atoms. The van der Waals surface area contributed by atoms with E-state index in [1.54, 1.807) is 0 Å². The second-order valence-electron chi connectivity index (χ2n) is 4.05. The van der Waals surface area contributed by atoms with E-state index < -0.39 is 33.1 Å². The number of ether oxygens (including phenoxy) is 1. The number of aromatic nitrogens is 2. The second kappa shape index (κ2) is 5.15. The van der Waals surface area contributed by atoms with Gasteiger partial charge in [-0.25, -0.2) is 4.79 Å². The van der Waals surface area contributed by atoms with Crippen LogP contribution in [0.25, 0.3) is 5.65 Å². The van der Waals surface area contributed by atoms with Crippen molar-refractivity contribution in [2.45, 2.75) is 13.8 Å². The minimum atomic E-state index is -1.00. The first-order valence-electron chi connectivity index (χ1n) is 5.86. The molecule has 2 aromatic rings. The van der Waals surface area contributed by atoms with Crippen LogP contribution in [0.2, 0.25) is 0 Å². The highest BCUT2D eigenvalue weighted by molar-refractivity contribution is 5.92. The van der Waals surface area contributed by atoms with E-state index in [9.17, 15) is 25.0 Å². The van der Waals surface area contributed by atoms with Crippen molar-refractivity contribution < 1.29 is 19.4 Å². The van der Waals surface area contributed by atoms with Gasteiger partial charge in [0.15, 0.2) is 0 Å². The number of carbonyl (C=O) groups is 1. The van der Waals surface area contributed by atoms with Gasteiger partial charge in [-0.3, -0.25) is 0 Å². The van der Waals surface area contributed by atoms with E-state index in [1.165, 1.54) is 26.0 Å². The van der Waals surface area contributed by atoms with Crippen LogP contribution in [-0.4, -0.2) is 31.8 Å². The number of esters is 1. The highest BCUT2D eigenvalue weighted by Gasteiger charge is 2.33. The maximum atomic E-state index is 11.7. The van der Waals surface area contributed by atoms with Crippen molar-refractivity contribution in [2.24, 2.45) is 0 Å². The Balaban J connectivity index is 2.88. The third-order valence-electron chi connectivity index (χ3n) is 2.74. The molecule has 110 valence electrons. The zero-order valence-electron chi connectivity index (χ0n) is 11.1. The van der Waals surface area contributed by atoms with Crippen LogP contribution in [0.4, 0.5) is 11.6 Å². The van der Waals surface area contributed by atoms with Crippen LogP contribution in [0.3, 0.4) is 0 Å². The Hall–Kier alpha value is -3.04. The van der Waals surface area contributed by atoms with Crippen molar-refractivity contribution >= 4 is 23.3 Å². The molecule has 0 aromatic carbocycles. The number of hydrogen-bond donors (Lipinski definition) is 0. The molecule has 10 nitrogen and oxygen atoms in total. The van der Waals surface area contributed by atoms with Crippen LogP contribution in [-0.2, 0) is 4.74 Å². The second-order valence-corrected chi connectivity index (χ2v) is 4.05. The highest BCUT2D eigenvalue weighted by Crippen LogP contribution is 2.29. The molecule has 2 rings (SSSR count). The topological polar surface area (TPSA) is 130 Å². The lowest BCUT2D eigenvalue weighted by atomic mass is 10.3. The Labute approximate surface area is 117 Å². The van der Waals surface area contributed by atoms with Gasteiger partial charge in [0.2, 0.25) is 11.3 Å². The molecular weight excluding hydrogens is 284 g/mol. The monoisotopic (exact) mass is 294 g/mol. The van der Waals surface area contributed by atoms with Crippen LogP contribution < -0.4 is 0 Å². The summed E-state index contributed by atoms with van der Waals surface area (Å²) in [6, 6.07) is 2.76. The first-order valence-corrected chi connectivity index (χ1v) is 5.86. The number of nitro groups is 2. The van der Waals surface area contributed by atoms with Crippen molar-refractivity contribution in [3.63, 3.8) is 0 Å². The fourth-order valence-electron chi connectivity index (χ4n) is 1.93. The smallest absolute Gasteiger partial charge is 0.366 e. The zero-order valence-corrected chi connectivity index (χ0v) is 11.1. The summed E-state index contributed by atoms with van der Waals surface area (Å²) in [5, 5.41) is 22.3. The Morgan fingerprint density at radius 3 is 2.43 bits per heavy atom. The van der Waals surface area contributed by atoms with Crippen molar-refractivity contribution in [2.75, 3.05) is 6.61 Å². The van der Waals surface area contributed by atoms with Gasteiger partial charge in [0.1, 0.15) is 0 Å². The summed E-state index contributed by atoms with van der Waals surface area (Å²) in [5.74, 6) is -2.29. The van der Waals surface area contributed by atoms with Crippen molar-refractivity contribution in [3.8, 4) is 0 Å². The van der Waals surface area contributed by atoms with Gasteiger partial charge in [0, 0.05) is 11.6 Å². The molecule has 0 N–H and O–H groups in total. The number of nitrogens with zero attached hydrogens (tertiary/aromatic N) is 4. The fourth-order valence-corrected chi connectivity index (χ4v) is 1.93. The number of rotatable bonds is 4. The van der Waals surface area contributed by atoms with Gasteiger partial charge >= 0.3 is 17.6 Å². The van der Waals surface area contributed by atoms with Gasteiger partial charge < -0.3 is 25.0 Å². The van der Waals surface area contributed by atoms with Gasteiger partial charge in [-0.2, -0.15) is 4.98 Å². The number of aryl methyl sites for hydroxylation is 1. The molecule has 0 unspecified atom stereocenters. The first kappa shape index (κ1) is 14.4. The van der Waals surface area contributed by atoms with E-state index in [0.717, 1.165) is 4.40 Å². The maximum Gasteiger partial charge on any atom is 0.366 e. The summed E-state index contributed by atoms with van der Waals surface area (Å²) in [5.41, 5.74) is -0.416. The van der Waals surface area contributed by atoms with Gasteiger partial charge in [-0.15, -0.1) is 4.40 Å². The van der Waals surface area contributed by atoms with Crippen LogP contribution >= 0.6 is 0 Å². The fraction of sp³-hybridized carbons (Fsp3) is 0.273. The van der Waals surface area contributed by atoms with Crippen LogP contribution in [0.15, 0.2) is 12.1 Å². The molecule has 0 aliphatic rings. The number of imidazole rings is 1. The van der Waals surface area contributed by atoms with E-state index in [2.05, 4.69) is 9.72 Å². The van der Waals surface area contributed by atoms with Crippen LogP contribution in [0, 0.1) is 27.2 Å². The third kappa shape index (κ3) is 2.26. The Kier molecular flexibility index (Phi) is 3.52. The molecule has 0 fully saturated rings. The van der Waals surface area contributed by atoms with E-state index >= 15 is 0 Å². The lowest BCUT2D eigenvalue weighted by Gasteiger charge is -2.03. The van der Waals surface area contributed by atoms with Crippen molar-refractivity contribution in [3.05, 3.63) is 43.6 Å². The van der Waals surface area contributed by atoms with Crippen molar-refractivity contribution in [1.29, 1.82) is 0 Å². The summed E-state index contributed by atoms with van der Waals surface area (Å²) in [6.07, 6.45) is 0. The lowest BCUT2D eigenvalue weighted by Crippen LogP contribution is -2.09. The third-order valence-corrected chi connectivity index (χ3v) is 2.74. The molecule has 10 heteroatoms. The number of hydrogen-bond acceptors (Lipinski definition) is 7. The van der Waals surface area contributed by atoms with E-state index in [4.69, 9.17) is 0 Å². The SMILES string of the molecule is CCOC(=O)c1nc2ccc(C)c([N+](=O)[O-])n2c1[N+](=O)[O-]. The molecule has 0 bridgehead atoms. The Bertz CT molecular complexity index is 766. The summed E-state index contributed by atoms with van der Waals surface area (Å²) < 4.78 is 5.43. The highest BCUT2D eigenvalue weighted by atomic mass is 16.6. The Morgan fingerprint density at radius 2 is 1.90 bits per heavy atom. The van der Waals surface area contributed by atoms with Crippen molar-refractivity contribution in [1.82, 2.24) is 9.38 Å². The molecule has 0 saturated carbocycles. The molecule has 0 aliphatic carbocycles. The van der Waals surface area contributed by atoms with E-state index in [1.807, 2.05) is 0 Å². The average Bonchev–Trinajstić information content (AvgIpc) is 2.77. The number of pyridine rings is 1. The summed E-state index contributed by atoms with van der Waals surface area (Å²) in [7, 11) is 0. The lowest BCUT2D eigenvalue weighted by molar-refractivity contribution is -0.404. The van der Waals surface area contributed by atoms with E-state index in [0.29, 0.717) is 0 Å². The average molecular weight is 294 g/mol. The molecule has 2 aromatic heterocycles.